The quantitative estimate of drug-likeness (QED) is 0.504. The van der Waals surface area contributed by atoms with Crippen LogP contribution in [0.4, 0.5) is 11.5 Å². The molecule has 0 atom stereocenters. The van der Waals surface area contributed by atoms with Crippen molar-refractivity contribution in [1.82, 2.24) is 9.97 Å². The molecular weight excluding hydrogens is 266 g/mol. The van der Waals surface area contributed by atoms with Gasteiger partial charge in [-0.3, -0.25) is 9.78 Å². The second-order valence-corrected chi connectivity index (χ2v) is 4.42. The van der Waals surface area contributed by atoms with Gasteiger partial charge < -0.3 is 10.7 Å². The number of aromatic nitrogens is 2. The predicted octanol–water partition coefficient (Wildman–Crippen LogP) is 2.17. The maximum atomic E-state index is 12.3. The van der Waals surface area contributed by atoms with Crippen molar-refractivity contribution in [2.45, 2.75) is 0 Å². The van der Waals surface area contributed by atoms with Crippen LogP contribution in [0.15, 0.2) is 54.9 Å². The molecule has 0 saturated carbocycles. The number of nitrogens with two attached hydrogens (primary N) is 1. The fourth-order valence-electron chi connectivity index (χ4n) is 2.06. The lowest BCUT2D eigenvalue weighted by atomic mass is 10.1. The van der Waals surface area contributed by atoms with E-state index in [9.17, 15) is 4.79 Å². The molecule has 6 nitrogen and oxygen atoms in total. The average Bonchev–Trinajstić information content (AvgIpc) is 2.54. The number of amides is 1. The van der Waals surface area contributed by atoms with Gasteiger partial charge in [-0.15, -0.1) is 0 Å². The van der Waals surface area contributed by atoms with Gasteiger partial charge in [0, 0.05) is 11.6 Å². The fourth-order valence-corrected chi connectivity index (χ4v) is 2.06. The van der Waals surface area contributed by atoms with Gasteiger partial charge in [0.1, 0.15) is 11.5 Å². The van der Waals surface area contributed by atoms with Crippen LogP contribution >= 0.6 is 0 Å². The average molecular weight is 279 g/mol. The number of nitrogens with one attached hydrogen (secondary N) is 2. The predicted molar refractivity (Wildman–Crippen MR) is 81.7 cm³/mol. The summed E-state index contributed by atoms with van der Waals surface area (Å²) in [6.45, 7) is 0. The summed E-state index contributed by atoms with van der Waals surface area (Å²) in [5, 5.41) is 4.49. The van der Waals surface area contributed by atoms with Gasteiger partial charge in [-0.25, -0.2) is 10.8 Å². The first-order chi connectivity index (χ1) is 10.3. The van der Waals surface area contributed by atoms with E-state index in [-0.39, 0.29) is 11.6 Å². The highest BCUT2D eigenvalue weighted by Crippen LogP contribution is 2.22. The number of nitrogens with zero attached hydrogens (tertiary/aromatic N) is 2. The van der Waals surface area contributed by atoms with E-state index in [0.29, 0.717) is 11.5 Å². The van der Waals surface area contributed by atoms with Crippen LogP contribution in [0.25, 0.3) is 10.8 Å². The number of carbonyl (C=O) groups excluding carboxylic acids is 1. The lowest BCUT2D eigenvalue weighted by molar-refractivity contribution is 0.102. The highest BCUT2D eigenvalue weighted by atomic mass is 16.1. The van der Waals surface area contributed by atoms with Crippen molar-refractivity contribution in [2.75, 3.05) is 10.7 Å². The van der Waals surface area contributed by atoms with Gasteiger partial charge in [-0.05, 0) is 23.6 Å². The van der Waals surface area contributed by atoms with E-state index in [1.165, 1.54) is 0 Å². The van der Waals surface area contributed by atoms with Crippen molar-refractivity contribution < 1.29 is 4.79 Å². The number of anilines is 2. The Morgan fingerprint density at radius 2 is 2.00 bits per heavy atom. The number of carbonyl (C=O) groups is 1. The van der Waals surface area contributed by atoms with Crippen molar-refractivity contribution in [1.29, 1.82) is 0 Å². The summed E-state index contributed by atoms with van der Waals surface area (Å²) in [4.78, 5) is 20.5. The van der Waals surface area contributed by atoms with Gasteiger partial charge in [0.2, 0.25) is 0 Å². The van der Waals surface area contributed by atoms with Gasteiger partial charge in [0.25, 0.3) is 5.91 Å². The molecule has 0 saturated heterocycles. The van der Waals surface area contributed by atoms with E-state index in [1.807, 2.05) is 24.3 Å². The van der Waals surface area contributed by atoms with Gasteiger partial charge in [0.05, 0.1) is 11.9 Å². The van der Waals surface area contributed by atoms with Crippen LogP contribution in [0.1, 0.15) is 10.5 Å². The highest BCUT2D eigenvalue weighted by molar-refractivity contribution is 6.06. The van der Waals surface area contributed by atoms with Gasteiger partial charge in [-0.2, -0.15) is 0 Å². The molecule has 2 aromatic heterocycles. The SMILES string of the molecule is NNc1nc(C(=O)Nc2cccnc2)cc2ccccc12. The summed E-state index contributed by atoms with van der Waals surface area (Å²) in [7, 11) is 0. The van der Waals surface area contributed by atoms with Crippen molar-refractivity contribution >= 4 is 28.2 Å². The number of benzene rings is 1. The Morgan fingerprint density at radius 3 is 2.76 bits per heavy atom. The third-order valence-electron chi connectivity index (χ3n) is 3.03. The number of hydrazine groups is 1. The molecule has 0 spiro atoms. The van der Waals surface area contributed by atoms with Crippen LogP contribution in [-0.4, -0.2) is 15.9 Å². The molecule has 6 heteroatoms. The molecule has 0 radical (unpaired) electrons. The molecule has 0 bridgehead atoms. The molecule has 4 N–H and O–H groups in total. The third kappa shape index (κ3) is 2.65. The molecule has 0 aliphatic heterocycles. The summed E-state index contributed by atoms with van der Waals surface area (Å²) < 4.78 is 0. The lowest BCUT2D eigenvalue weighted by Crippen LogP contribution is -2.16. The Bertz CT molecular complexity index is 788. The number of nitrogen functional groups attached to an aromatic ring is 1. The van der Waals surface area contributed by atoms with Gasteiger partial charge in [-0.1, -0.05) is 24.3 Å². The van der Waals surface area contributed by atoms with Gasteiger partial charge >= 0.3 is 0 Å². The van der Waals surface area contributed by atoms with Crippen LogP contribution in [0.3, 0.4) is 0 Å². The minimum atomic E-state index is -0.315. The van der Waals surface area contributed by atoms with Crippen LogP contribution in [0.5, 0.6) is 0 Å². The number of fused-ring (bicyclic) bond motifs is 1. The summed E-state index contributed by atoms with van der Waals surface area (Å²) in [6.07, 6.45) is 3.21. The highest BCUT2D eigenvalue weighted by Gasteiger charge is 2.11. The second-order valence-electron chi connectivity index (χ2n) is 4.42. The Kier molecular flexibility index (Phi) is 3.44. The van der Waals surface area contributed by atoms with Crippen molar-refractivity contribution in [3.8, 4) is 0 Å². The molecule has 2 heterocycles. The minimum Gasteiger partial charge on any atom is -0.319 e. The minimum absolute atomic E-state index is 0.283. The molecule has 3 aromatic rings. The van der Waals surface area contributed by atoms with E-state index in [0.717, 1.165) is 10.8 Å². The zero-order chi connectivity index (χ0) is 14.7. The molecule has 0 aliphatic rings. The smallest absolute Gasteiger partial charge is 0.274 e. The topological polar surface area (TPSA) is 92.9 Å². The summed E-state index contributed by atoms with van der Waals surface area (Å²) in [6, 6.07) is 12.8. The lowest BCUT2D eigenvalue weighted by Gasteiger charge is -2.09. The Hall–Kier alpha value is -2.99. The largest absolute Gasteiger partial charge is 0.319 e. The Balaban J connectivity index is 1.98. The Labute approximate surface area is 121 Å². The number of pyridine rings is 2. The number of rotatable bonds is 3. The van der Waals surface area contributed by atoms with E-state index < -0.39 is 0 Å². The number of hydrogen-bond donors (Lipinski definition) is 3. The molecule has 3 rings (SSSR count). The summed E-state index contributed by atoms with van der Waals surface area (Å²) in [5.74, 6) is 5.63. The van der Waals surface area contributed by atoms with E-state index in [2.05, 4.69) is 20.7 Å². The standard InChI is InChI=1S/C15H13N5O/c16-20-14-12-6-2-1-4-10(12)8-13(19-14)15(21)18-11-5-3-7-17-9-11/h1-9H,16H2,(H,18,21)(H,19,20). The van der Waals surface area contributed by atoms with Gasteiger partial charge in [0.15, 0.2) is 0 Å². The third-order valence-corrected chi connectivity index (χ3v) is 3.03. The first-order valence-corrected chi connectivity index (χ1v) is 6.36. The zero-order valence-electron chi connectivity index (χ0n) is 11.1. The molecule has 0 aliphatic carbocycles. The normalized spacial score (nSPS) is 10.3. The van der Waals surface area contributed by atoms with E-state index >= 15 is 0 Å². The maximum absolute atomic E-state index is 12.3. The van der Waals surface area contributed by atoms with Crippen LogP contribution < -0.4 is 16.6 Å². The monoisotopic (exact) mass is 279 g/mol. The molecule has 104 valence electrons. The molecule has 21 heavy (non-hydrogen) atoms. The fraction of sp³-hybridized carbons (Fsp3) is 0. The van der Waals surface area contributed by atoms with Crippen molar-refractivity contribution in [3.63, 3.8) is 0 Å². The van der Waals surface area contributed by atoms with E-state index in [4.69, 9.17) is 5.84 Å². The summed E-state index contributed by atoms with van der Waals surface area (Å²) in [5.41, 5.74) is 3.42. The zero-order valence-corrected chi connectivity index (χ0v) is 11.1. The number of hydrogen-bond acceptors (Lipinski definition) is 5. The van der Waals surface area contributed by atoms with E-state index in [1.54, 1.807) is 30.6 Å². The molecule has 0 fully saturated rings. The first kappa shape index (κ1) is 13.0. The molecule has 0 unspecified atom stereocenters. The summed E-state index contributed by atoms with van der Waals surface area (Å²) >= 11 is 0. The maximum Gasteiger partial charge on any atom is 0.274 e. The van der Waals surface area contributed by atoms with Crippen molar-refractivity contribution in [3.05, 3.63) is 60.6 Å². The second kappa shape index (κ2) is 5.56. The first-order valence-electron chi connectivity index (χ1n) is 6.36. The van der Waals surface area contributed by atoms with Crippen LogP contribution in [0, 0.1) is 0 Å². The molecule has 1 amide bonds. The van der Waals surface area contributed by atoms with Crippen LogP contribution in [-0.2, 0) is 0 Å². The Morgan fingerprint density at radius 1 is 1.14 bits per heavy atom. The molecule has 1 aromatic carbocycles. The van der Waals surface area contributed by atoms with Crippen LogP contribution in [0.2, 0.25) is 0 Å². The van der Waals surface area contributed by atoms with Crippen molar-refractivity contribution in [2.24, 2.45) is 5.84 Å². The molecular formula is C15H13N5O.